The van der Waals surface area contributed by atoms with Gasteiger partial charge in [0.05, 0.1) is 12.1 Å². The fourth-order valence-corrected chi connectivity index (χ4v) is 1.78. The van der Waals surface area contributed by atoms with Crippen molar-refractivity contribution in [2.45, 2.75) is 6.92 Å². The molecule has 0 radical (unpaired) electrons. The Kier molecular flexibility index (Phi) is 2.40. The molecule has 1 aromatic heterocycles. The van der Waals surface area contributed by atoms with E-state index in [1.165, 1.54) is 7.11 Å². The predicted molar refractivity (Wildman–Crippen MR) is 58.8 cm³/mol. The SMILES string of the molecule is COc1c(Cl)ccc2cc(C)oc(=O)c12. The Morgan fingerprint density at radius 3 is 2.80 bits per heavy atom. The van der Waals surface area contributed by atoms with Gasteiger partial charge in [-0.25, -0.2) is 4.79 Å². The van der Waals surface area contributed by atoms with Crippen molar-refractivity contribution in [1.82, 2.24) is 0 Å². The fourth-order valence-electron chi connectivity index (χ4n) is 1.55. The van der Waals surface area contributed by atoms with Gasteiger partial charge in [0.15, 0.2) is 5.75 Å². The van der Waals surface area contributed by atoms with Gasteiger partial charge in [0, 0.05) is 0 Å². The number of hydrogen-bond acceptors (Lipinski definition) is 3. The summed E-state index contributed by atoms with van der Waals surface area (Å²) in [5.41, 5.74) is -0.427. The van der Waals surface area contributed by atoms with Crippen LogP contribution in [-0.2, 0) is 0 Å². The molecule has 0 N–H and O–H groups in total. The lowest BCUT2D eigenvalue weighted by atomic mass is 10.1. The van der Waals surface area contributed by atoms with Crippen LogP contribution in [0.15, 0.2) is 27.4 Å². The number of rotatable bonds is 1. The molecule has 0 saturated carbocycles. The van der Waals surface area contributed by atoms with Crippen molar-refractivity contribution in [2.75, 3.05) is 7.11 Å². The fraction of sp³-hybridized carbons (Fsp3) is 0.182. The van der Waals surface area contributed by atoms with Crippen molar-refractivity contribution in [1.29, 1.82) is 0 Å². The van der Waals surface area contributed by atoms with E-state index >= 15 is 0 Å². The van der Waals surface area contributed by atoms with E-state index in [0.29, 0.717) is 21.9 Å². The van der Waals surface area contributed by atoms with Gasteiger partial charge in [-0.05, 0) is 24.4 Å². The first kappa shape index (κ1) is 10.1. The van der Waals surface area contributed by atoms with Crippen LogP contribution in [0.2, 0.25) is 5.02 Å². The van der Waals surface area contributed by atoms with Crippen LogP contribution in [-0.4, -0.2) is 7.11 Å². The average Bonchev–Trinajstić information content (AvgIpc) is 2.18. The van der Waals surface area contributed by atoms with E-state index in [1.54, 1.807) is 25.1 Å². The predicted octanol–water partition coefficient (Wildman–Crippen LogP) is 2.76. The van der Waals surface area contributed by atoms with Gasteiger partial charge in [0.1, 0.15) is 11.1 Å². The van der Waals surface area contributed by atoms with Crippen LogP contribution in [0.3, 0.4) is 0 Å². The molecule has 0 atom stereocenters. The summed E-state index contributed by atoms with van der Waals surface area (Å²) in [6.45, 7) is 1.72. The number of hydrogen-bond donors (Lipinski definition) is 0. The van der Waals surface area contributed by atoms with Crippen LogP contribution in [0.25, 0.3) is 10.8 Å². The van der Waals surface area contributed by atoms with E-state index in [1.807, 2.05) is 0 Å². The van der Waals surface area contributed by atoms with Gasteiger partial charge in [-0.1, -0.05) is 17.7 Å². The molecular formula is C11H9ClO3. The van der Waals surface area contributed by atoms with Crippen LogP contribution in [0.4, 0.5) is 0 Å². The summed E-state index contributed by atoms with van der Waals surface area (Å²) in [6.07, 6.45) is 0. The Balaban J connectivity index is 2.98. The number of methoxy groups -OCH3 is 1. The van der Waals surface area contributed by atoms with Crippen molar-refractivity contribution < 1.29 is 9.15 Å². The number of fused-ring (bicyclic) bond motifs is 1. The standard InChI is InChI=1S/C11H9ClO3/c1-6-5-7-3-4-8(12)10(14-2)9(7)11(13)15-6/h3-5H,1-2H3. The topological polar surface area (TPSA) is 39.4 Å². The van der Waals surface area contributed by atoms with Crippen LogP contribution in [0.5, 0.6) is 5.75 Å². The van der Waals surface area contributed by atoms with Crippen molar-refractivity contribution in [2.24, 2.45) is 0 Å². The van der Waals surface area contributed by atoms with E-state index in [2.05, 4.69) is 0 Å². The zero-order chi connectivity index (χ0) is 11.0. The molecule has 0 bridgehead atoms. The van der Waals surface area contributed by atoms with Crippen LogP contribution in [0, 0.1) is 6.92 Å². The quantitative estimate of drug-likeness (QED) is 0.748. The Morgan fingerprint density at radius 1 is 1.40 bits per heavy atom. The van der Waals surface area contributed by atoms with E-state index < -0.39 is 5.63 Å². The largest absolute Gasteiger partial charge is 0.494 e. The maximum Gasteiger partial charge on any atom is 0.347 e. The lowest BCUT2D eigenvalue weighted by Gasteiger charge is -2.06. The highest BCUT2D eigenvalue weighted by atomic mass is 35.5. The zero-order valence-electron chi connectivity index (χ0n) is 8.33. The minimum absolute atomic E-state index is 0.364. The Bertz CT molecular complexity index is 572. The molecule has 0 aliphatic carbocycles. The van der Waals surface area contributed by atoms with Crippen molar-refractivity contribution in [3.63, 3.8) is 0 Å². The highest BCUT2D eigenvalue weighted by Crippen LogP contribution is 2.31. The van der Waals surface area contributed by atoms with Gasteiger partial charge in [-0.2, -0.15) is 0 Å². The maximum absolute atomic E-state index is 11.6. The second-order valence-electron chi connectivity index (χ2n) is 3.19. The average molecular weight is 225 g/mol. The summed E-state index contributed by atoms with van der Waals surface area (Å²) in [5.74, 6) is 0.930. The van der Waals surface area contributed by atoms with Gasteiger partial charge in [-0.15, -0.1) is 0 Å². The molecule has 0 fully saturated rings. The van der Waals surface area contributed by atoms with Gasteiger partial charge in [0.25, 0.3) is 0 Å². The third kappa shape index (κ3) is 1.59. The zero-order valence-corrected chi connectivity index (χ0v) is 9.09. The van der Waals surface area contributed by atoms with Crippen LogP contribution in [0.1, 0.15) is 5.76 Å². The molecule has 78 valence electrons. The minimum atomic E-state index is -0.427. The molecule has 0 aliphatic heterocycles. The van der Waals surface area contributed by atoms with Gasteiger partial charge < -0.3 is 9.15 Å². The Morgan fingerprint density at radius 2 is 2.13 bits per heavy atom. The summed E-state index contributed by atoms with van der Waals surface area (Å²) >= 11 is 5.91. The molecule has 15 heavy (non-hydrogen) atoms. The second kappa shape index (κ2) is 3.59. The Labute approximate surface area is 91.2 Å². The third-order valence-corrected chi connectivity index (χ3v) is 2.46. The van der Waals surface area contributed by atoms with Crippen molar-refractivity contribution in [3.8, 4) is 5.75 Å². The molecule has 4 heteroatoms. The molecular weight excluding hydrogens is 216 g/mol. The molecule has 2 rings (SSSR count). The molecule has 0 spiro atoms. The number of halogens is 1. The molecule has 1 aromatic carbocycles. The first-order valence-corrected chi connectivity index (χ1v) is 4.78. The highest BCUT2D eigenvalue weighted by molar-refractivity contribution is 6.33. The monoisotopic (exact) mass is 224 g/mol. The Hall–Kier alpha value is -1.48. The molecule has 2 aromatic rings. The summed E-state index contributed by atoms with van der Waals surface area (Å²) in [7, 11) is 1.47. The summed E-state index contributed by atoms with van der Waals surface area (Å²) in [5, 5.41) is 1.56. The van der Waals surface area contributed by atoms with Gasteiger partial charge in [-0.3, -0.25) is 0 Å². The van der Waals surface area contributed by atoms with Crippen LogP contribution >= 0.6 is 11.6 Å². The first-order chi connectivity index (χ1) is 7.13. The summed E-state index contributed by atoms with van der Waals surface area (Å²) in [4.78, 5) is 11.6. The van der Waals surface area contributed by atoms with E-state index in [0.717, 1.165) is 5.39 Å². The second-order valence-corrected chi connectivity index (χ2v) is 3.60. The van der Waals surface area contributed by atoms with Crippen LogP contribution < -0.4 is 10.4 Å². The molecule has 0 saturated heterocycles. The number of benzene rings is 1. The lowest BCUT2D eigenvalue weighted by Crippen LogP contribution is -2.02. The van der Waals surface area contributed by atoms with E-state index in [-0.39, 0.29) is 0 Å². The number of aryl methyl sites for hydroxylation is 1. The van der Waals surface area contributed by atoms with Crippen molar-refractivity contribution >= 4 is 22.4 Å². The maximum atomic E-state index is 11.6. The summed E-state index contributed by atoms with van der Waals surface area (Å²) < 4.78 is 10.1. The highest BCUT2D eigenvalue weighted by Gasteiger charge is 2.11. The molecule has 0 amide bonds. The first-order valence-electron chi connectivity index (χ1n) is 4.40. The molecule has 0 unspecified atom stereocenters. The summed E-state index contributed by atoms with van der Waals surface area (Å²) in [6, 6.07) is 5.24. The molecule has 1 heterocycles. The van der Waals surface area contributed by atoms with E-state index in [9.17, 15) is 4.79 Å². The lowest BCUT2D eigenvalue weighted by molar-refractivity contribution is 0.416. The van der Waals surface area contributed by atoms with Gasteiger partial charge in [0.2, 0.25) is 0 Å². The van der Waals surface area contributed by atoms with Crippen molar-refractivity contribution in [3.05, 3.63) is 39.4 Å². The smallest absolute Gasteiger partial charge is 0.347 e. The normalized spacial score (nSPS) is 10.6. The molecule has 0 aliphatic rings. The van der Waals surface area contributed by atoms with Gasteiger partial charge >= 0.3 is 5.63 Å². The minimum Gasteiger partial charge on any atom is -0.494 e. The molecule has 3 nitrogen and oxygen atoms in total. The third-order valence-electron chi connectivity index (χ3n) is 2.16. The van der Waals surface area contributed by atoms with E-state index in [4.69, 9.17) is 20.8 Å². The number of ether oxygens (including phenoxy) is 1.